The van der Waals surface area contributed by atoms with E-state index in [1.165, 1.54) is 11.0 Å². The Balaban J connectivity index is 2.82. The molecule has 0 unspecified atom stereocenters. The Morgan fingerprint density at radius 2 is 2.21 bits per heavy atom. The average Bonchev–Trinajstić information content (AvgIpc) is 2.50. The van der Waals surface area contributed by atoms with Crippen molar-refractivity contribution in [1.82, 2.24) is 15.2 Å². The van der Waals surface area contributed by atoms with Gasteiger partial charge in [-0.3, -0.25) is 4.79 Å². The summed E-state index contributed by atoms with van der Waals surface area (Å²) in [5.41, 5.74) is -0.0986. The summed E-state index contributed by atoms with van der Waals surface area (Å²) in [5.74, 6) is -0.0385. The minimum Gasteiger partial charge on any atom is -0.396 e. The summed E-state index contributed by atoms with van der Waals surface area (Å²) in [7, 11) is 0. The fourth-order valence-corrected chi connectivity index (χ4v) is 0.932. The molecule has 0 aliphatic rings. The zero-order chi connectivity index (χ0) is 10.8. The summed E-state index contributed by atoms with van der Waals surface area (Å²) in [6.45, 7) is 7.86. The predicted molar refractivity (Wildman–Crippen MR) is 50.9 cm³/mol. The second kappa shape index (κ2) is 3.77. The highest BCUT2D eigenvalue weighted by molar-refractivity contribution is 5.97. The molecule has 78 valence electrons. The Hall–Kier alpha value is -1.39. The van der Waals surface area contributed by atoms with Crippen LogP contribution in [0.5, 0.6) is 0 Å². The summed E-state index contributed by atoms with van der Waals surface area (Å²) in [6, 6.07) is 0. The molecule has 0 aliphatic carbocycles. The van der Waals surface area contributed by atoms with Crippen molar-refractivity contribution < 1.29 is 9.63 Å². The zero-order valence-corrected chi connectivity index (χ0v) is 8.94. The van der Waals surface area contributed by atoms with E-state index in [0.29, 0.717) is 12.3 Å². The minimum atomic E-state index is -0.437. The molecule has 0 saturated heterocycles. The third-order valence-corrected chi connectivity index (χ3v) is 1.65. The third kappa shape index (κ3) is 2.31. The molecule has 0 amide bonds. The normalized spacial score (nSPS) is 11.4. The van der Waals surface area contributed by atoms with Crippen molar-refractivity contribution in [2.45, 2.75) is 27.7 Å². The second-order valence-electron chi connectivity index (χ2n) is 4.00. The standard InChI is InChI=1S/C9H15N3O2/c1-5-14-12-6-7(10-11-12)8(13)9(2,3)4/h6H,5H2,1-4H3. The lowest BCUT2D eigenvalue weighted by Gasteiger charge is -2.13. The van der Waals surface area contributed by atoms with E-state index in [1.54, 1.807) is 0 Å². The molecule has 0 bridgehead atoms. The maximum Gasteiger partial charge on any atom is 0.190 e. The maximum absolute atomic E-state index is 11.7. The van der Waals surface area contributed by atoms with Gasteiger partial charge in [0.15, 0.2) is 11.5 Å². The second-order valence-corrected chi connectivity index (χ2v) is 4.00. The van der Waals surface area contributed by atoms with Crippen LogP contribution in [0.2, 0.25) is 0 Å². The Morgan fingerprint density at radius 1 is 1.57 bits per heavy atom. The summed E-state index contributed by atoms with van der Waals surface area (Å²) in [5, 5.41) is 7.40. The van der Waals surface area contributed by atoms with Crippen molar-refractivity contribution in [3.63, 3.8) is 0 Å². The molecule has 0 fully saturated rings. The molecule has 0 aromatic carbocycles. The Morgan fingerprint density at radius 3 is 2.71 bits per heavy atom. The van der Waals surface area contributed by atoms with Crippen LogP contribution in [0, 0.1) is 5.41 Å². The zero-order valence-electron chi connectivity index (χ0n) is 8.94. The van der Waals surface area contributed by atoms with E-state index in [9.17, 15) is 4.79 Å². The van der Waals surface area contributed by atoms with Crippen LogP contribution in [0.1, 0.15) is 38.2 Å². The van der Waals surface area contributed by atoms with Gasteiger partial charge in [0.05, 0.1) is 6.20 Å². The number of Topliss-reactive ketones (excluding diaryl/α,β-unsaturated/α-hetero) is 1. The van der Waals surface area contributed by atoms with Crippen LogP contribution < -0.4 is 4.84 Å². The number of nitrogens with zero attached hydrogens (tertiary/aromatic N) is 3. The third-order valence-electron chi connectivity index (χ3n) is 1.65. The van der Waals surface area contributed by atoms with Crippen LogP contribution >= 0.6 is 0 Å². The first-order chi connectivity index (χ1) is 6.45. The molecule has 5 nitrogen and oxygen atoms in total. The van der Waals surface area contributed by atoms with Gasteiger partial charge < -0.3 is 4.84 Å². The molecular formula is C9H15N3O2. The lowest BCUT2D eigenvalue weighted by molar-refractivity contribution is 0.0842. The summed E-state index contributed by atoms with van der Waals surface area (Å²) < 4.78 is 0. The average molecular weight is 197 g/mol. The first-order valence-corrected chi connectivity index (χ1v) is 4.55. The quantitative estimate of drug-likeness (QED) is 0.677. The van der Waals surface area contributed by atoms with E-state index in [1.807, 2.05) is 27.7 Å². The van der Waals surface area contributed by atoms with Crippen molar-refractivity contribution in [1.29, 1.82) is 0 Å². The molecule has 14 heavy (non-hydrogen) atoms. The number of rotatable bonds is 3. The van der Waals surface area contributed by atoms with E-state index < -0.39 is 5.41 Å². The van der Waals surface area contributed by atoms with Gasteiger partial charge in [0.1, 0.15) is 6.61 Å². The molecule has 1 heterocycles. The number of hydrogen-bond donors (Lipinski definition) is 0. The minimum absolute atomic E-state index is 0.0385. The Labute approximate surface area is 83.0 Å². The highest BCUT2D eigenvalue weighted by Gasteiger charge is 2.25. The monoisotopic (exact) mass is 197 g/mol. The molecule has 0 N–H and O–H groups in total. The maximum atomic E-state index is 11.7. The van der Waals surface area contributed by atoms with Crippen LogP contribution in [0.15, 0.2) is 6.20 Å². The van der Waals surface area contributed by atoms with Crippen molar-refractivity contribution in [2.75, 3.05) is 6.61 Å². The van der Waals surface area contributed by atoms with Crippen molar-refractivity contribution in [2.24, 2.45) is 5.41 Å². The number of carbonyl (C=O) groups excluding carboxylic acids is 1. The van der Waals surface area contributed by atoms with Crippen molar-refractivity contribution >= 4 is 5.78 Å². The highest BCUT2D eigenvalue weighted by Crippen LogP contribution is 2.18. The number of ketones is 1. The Kier molecular flexibility index (Phi) is 2.88. The van der Waals surface area contributed by atoms with E-state index in [-0.39, 0.29) is 5.78 Å². The smallest absolute Gasteiger partial charge is 0.190 e. The van der Waals surface area contributed by atoms with Crippen molar-refractivity contribution in [3.05, 3.63) is 11.9 Å². The van der Waals surface area contributed by atoms with Crippen LogP contribution in [-0.2, 0) is 0 Å². The molecule has 5 heteroatoms. The SMILES string of the molecule is CCOn1cc(C(=O)C(C)(C)C)nn1. The lowest BCUT2D eigenvalue weighted by atomic mass is 9.89. The largest absolute Gasteiger partial charge is 0.396 e. The first-order valence-electron chi connectivity index (χ1n) is 4.55. The molecule has 0 radical (unpaired) electrons. The van der Waals surface area contributed by atoms with Crippen LogP contribution in [0.3, 0.4) is 0 Å². The number of hydrogen-bond acceptors (Lipinski definition) is 4. The summed E-state index contributed by atoms with van der Waals surface area (Å²) in [6.07, 6.45) is 1.50. The summed E-state index contributed by atoms with van der Waals surface area (Å²) >= 11 is 0. The van der Waals surface area contributed by atoms with Crippen LogP contribution in [0.25, 0.3) is 0 Å². The Bertz CT molecular complexity index is 325. The molecule has 0 atom stereocenters. The van der Waals surface area contributed by atoms with Gasteiger partial charge in [-0.05, 0) is 12.1 Å². The van der Waals surface area contributed by atoms with Gasteiger partial charge in [-0.2, -0.15) is 0 Å². The molecule has 0 aliphatic heterocycles. The molecule has 0 saturated carbocycles. The van der Waals surface area contributed by atoms with E-state index in [2.05, 4.69) is 10.3 Å². The number of aromatic nitrogens is 3. The van der Waals surface area contributed by atoms with Gasteiger partial charge in [0, 0.05) is 5.41 Å². The van der Waals surface area contributed by atoms with Gasteiger partial charge in [-0.1, -0.05) is 25.6 Å². The lowest BCUT2D eigenvalue weighted by Crippen LogP contribution is -2.20. The predicted octanol–water partition coefficient (Wildman–Crippen LogP) is 0.955. The van der Waals surface area contributed by atoms with E-state index in [0.717, 1.165) is 0 Å². The van der Waals surface area contributed by atoms with Gasteiger partial charge in [0.2, 0.25) is 0 Å². The molecule has 0 spiro atoms. The van der Waals surface area contributed by atoms with Crippen LogP contribution in [-0.4, -0.2) is 27.5 Å². The van der Waals surface area contributed by atoms with Gasteiger partial charge in [0.25, 0.3) is 0 Å². The molecule has 1 aromatic heterocycles. The fourth-order valence-electron chi connectivity index (χ4n) is 0.932. The molecular weight excluding hydrogens is 182 g/mol. The molecule has 1 rings (SSSR count). The fraction of sp³-hybridized carbons (Fsp3) is 0.667. The van der Waals surface area contributed by atoms with Crippen molar-refractivity contribution in [3.8, 4) is 0 Å². The number of carbonyl (C=O) groups is 1. The summed E-state index contributed by atoms with van der Waals surface area (Å²) in [4.78, 5) is 18.0. The van der Waals surface area contributed by atoms with E-state index in [4.69, 9.17) is 4.84 Å². The van der Waals surface area contributed by atoms with Gasteiger partial charge in [-0.25, -0.2) is 0 Å². The van der Waals surface area contributed by atoms with E-state index >= 15 is 0 Å². The van der Waals surface area contributed by atoms with Gasteiger partial charge >= 0.3 is 0 Å². The topological polar surface area (TPSA) is 57.0 Å². The molecule has 1 aromatic rings. The van der Waals surface area contributed by atoms with Gasteiger partial charge in [-0.15, -0.1) is 5.10 Å². The first kappa shape index (κ1) is 10.7. The highest BCUT2D eigenvalue weighted by atomic mass is 16.7. The van der Waals surface area contributed by atoms with Crippen LogP contribution in [0.4, 0.5) is 0 Å².